The van der Waals surface area contributed by atoms with Crippen molar-refractivity contribution in [2.24, 2.45) is 17.6 Å². The largest absolute Gasteiger partial charge is 0.342 e. The molecule has 1 heterocycles. The number of carbonyl (C=O) groups excluding carboxylic acids is 2. The van der Waals surface area contributed by atoms with E-state index in [2.05, 4.69) is 0 Å². The number of likely N-dealkylation sites (tertiary alicyclic amines) is 1. The van der Waals surface area contributed by atoms with Crippen LogP contribution < -0.4 is 5.73 Å². The summed E-state index contributed by atoms with van der Waals surface area (Å²) >= 11 is 0. The number of ketones is 1. The summed E-state index contributed by atoms with van der Waals surface area (Å²) in [5, 5.41) is 0. The van der Waals surface area contributed by atoms with Crippen LogP contribution in [0, 0.1) is 18.8 Å². The van der Waals surface area contributed by atoms with Gasteiger partial charge in [-0.05, 0) is 31.6 Å². The maximum absolute atomic E-state index is 12.3. The molecule has 2 aliphatic rings. The molecule has 1 aromatic carbocycles. The number of aryl methyl sites for hydroxylation is 1. The molecule has 4 heteroatoms. The first kappa shape index (κ1) is 15.2. The summed E-state index contributed by atoms with van der Waals surface area (Å²) in [5.74, 6) is 1.19. The molecule has 0 radical (unpaired) electrons. The Morgan fingerprint density at radius 3 is 2.55 bits per heavy atom. The molecule has 22 heavy (non-hydrogen) atoms. The van der Waals surface area contributed by atoms with Crippen molar-refractivity contribution in [3.63, 3.8) is 0 Å². The van der Waals surface area contributed by atoms with Gasteiger partial charge in [-0.3, -0.25) is 9.59 Å². The van der Waals surface area contributed by atoms with Gasteiger partial charge in [0.1, 0.15) is 0 Å². The fourth-order valence-electron chi connectivity index (χ4n) is 3.77. The molecule has 3 atom stereocenters. The van der Waals surface area contributed by atoms with Crippen molar-refractivity contribution < 1.29 is 9.59 Å². The second-order valence-corrected chi connectivity index (χ2v) is 6.75. The van der Waals surface area contributed by atoms with E-state index in [1.54, 1.807) is 0 Å². The zero-order chi connectivity index (χ0) is 15.7. The predicted octanol–water partition coefficient (Wildman–Crippen LogP) is 2.15. The summed E-state index contributed by atoms with van der Waals surface area (Å²) in [6.07, 6.45) is 2.82. The van der Waals surface area contributed by atoms with Gasteiger partial charge in [-0.1, -0.05) is 29.8 Å². The van der Waals surface area contributed by atoms with Crippen molar-refractivity contribution >= 4 is 11.7 Å². The van der Waals surface area contributed by atoms with Gasteiger partial charge in [-0.25, -0.2) is 0 Å². The van der Waals surface area contributed by atoms with Crippen LogP contribution in [-0.2, 0) is 4.79 Å². The summed E-state index contributed by atoms with van der Waals surface area (Å²) in [6.45, 7) is 3.60. The molecule has 1 amide bonds. The van der Waals surface area contributed by atoms with Crippen LogP contribution in [-0.4, -0.2) is 35.7 Å². The van der Waals surface area contributed by atoms with E-state index in [9.17, 15) is 9.59 Å². The molecular weight excluding hydrogens is 276 g/mol. The van der Waals surface area contributed by atoms with E-state index >= 15 is 0 Å². The molecule has 118 valence electrons. The van der Waals surface area contributed by atoms with Crippen LogP contribution in [0.15, 0.2) is 24.3 Å². The van der Waals surface area contributed by atoms with Crippen LogP contribution in [0.1, 0.15) is 41.6 Å². The lowest BCUT2D eigenvalue weighted by atomic mass is 9.98. The maximum atomic E-state index is 12.3. The zero-order valence-electron chi connectivity index (χ0n) is 13.1. The van der Waals surface area contributed by atoms with Gasteiger partial charge in [0, 0.05) is 37.5 Å². The summed E-state index contributed by atoms with van der Waals surface area (Å²) in [6, 6.07) is 7.77. The van der Waals surface area contributed by atoms with Crippen LogP contribution in [0.5, 0.6) is 0 Å². The minimum atomic E-state index is 0.0458. The van der Waals surface area contributed by atoms with Gasteiger partial charge in [0.05, 0.1) is 0 Å². The van der Waals surface area contributed by atoms with Crippen LogP contribution in [0.4, 0.5) is 0 Å². The fraction of sp³-hybridized carbons (Fsp3) is 0.556. The van der Waals surface area contributed by atoms with Gasteiger partial charge in [-0.2, -0.15) is 0 Å². The third-order valence-corrected chi connectivity index (χ3v) is 5.20. The highest BCUT2D eigenvalue weighted by atomic mass is 16.2. The first-order valence-corrected chi connectivity index (χ1v) is 8.18. The summed E-state index contributed by atoms with van der Waals surface area (Å²) in [5.41, 5.74) is 7.93. The van der Waals surface area contributed by atoms with Crippen molar-refractivity contribution in [3.8, 4) is 0 Å². The van der Waals surface area contributed by atoms with Crippen molar-refractivity contribution in [1.29, 1.82) is 0 Å². The molecule has 1 saturated heterocycles. The summed E-state index contributed by atoms with van der Waals surface area (Å²) in [4.78, 5) is 26.4. The third kappa shape index (κ3) is 3.07. The quantitative estimate of drug-likeness (QED) is 0.867. The monoisotopic (exact) mass is 300 g/mol. The standard InChI is InChI=1S/C18H24N2O2/c1-12-2-4-13(5-3-12)17(21)8-9-18(22)20-10-14-6-7-16(19)15(14)11-20/h2-5,14-16H,6-11,19H2,1H3. The topological polar surface area (TPSA) is 63.4 Å². The average molecular weight is 300 g/mol. The lowest BCUT2D eigenvalue weighted by Crippen LogP contribution is -2.33. The predicted molar refractivity (Wildman–Crippen MR) is 85.5 cm³/mol. The second-order valence-electron chi connectivity index (χ2n) is 6.75. The Kier molecular flexibility index (Phi) is 4.30. The van der Waals surface area contributed by atoms with E-state index in [0.29, 0.717) is 30.2 Å². The van der Waals surface area contributed by atoms with E-state index in [1.165, 1.54) is 0 Å². The molecule has 4 nitrogen and oxygen atoms in total. The fourth-order valence-corrected chi connectivity index (χ4v) is 3.77. The molecule has 0 spiro atoms. The van der Waals surface area contributed by atoms with Crippen LogP contribution in [0.25, 0.3) is 0 Å². The maximum Gasteiger partial charge on any atom is 0.223 e. The molecule has 1 aliphatic heterocycles. The highest BCUT2D eigenvalue weighted by Gasteiger charge is 2.42. The van der Waals surface area contributed by atoms with Gasteiger partial charge in [0.25, 0.3) is 0 Å². The number of amides is 1. The number of carbonyl (C=O) groups is 2. The molecule has 1 aliphatic carbocycles. The SMILES string of the molecule is Cc1ccc(C(=O)CCC(=O)N2CC3CCC(N)C3C2)cc1. The van der Waals surface area contributed by atoms with Gasteiger partial charge in [0.15, 0.2) is 5.78 Å². The molecule has 1 aromatic rings. The van der Waals surface area contributed by atoms with Crippen molar-refractivity contribution in [2.45, 2.75) is 38.6 Å². The number of benzene rings is 1. The number of rotatable bonds is 4. The Morgan fingerprint density at radius 1 is 1.14 bits per heavy atom. The Bertz CT molecular complexity index is 567. The molecule has 2 N–H and O–H groups in total. The van der Waals surface area contributed by atoms with Crippen molar-refractivity contribution in [3.05, 3.63) is 35.4 Å². The average Bonchev–Trinajstić information content (AvgIpc) is 3.08. The number of Topliss-reactive ketones (excluding diaryl/α,β-unsaturated/α-hetero) is 1. The Labute approximate surface area is 131 Å². The number of hydrogen-bond acceptors (Lipinski definition) is 3. The van der Waals surface area contributed by atoms with Crippen LogP contribution >= 0.6 is 0 Å². The molecule has 2 fully saturated rings. The first-order chi connectivity index (χ1) is 10.5. The third-order valence-electron chi connectivity index (χ3n) is 5.20. The van der Waals surface area contributed by atoms with Gasteiger partial charge in [0.2, 0.25) is 5.91 Å². The molecule has 0 aromatic heterocycles. The Hall–Kier alpha value is -1.68. The molecule has 3 rings (SSSR count). The molecule has 1 saturated carbocycles. The zero-order valence-corrected chi connectivity index (χ0v) is 13.1. The highest BCUT2D eigenvalue weighted by molar-refractivity contribution is 5.98. The molecule has 3 unspecified atom stereocenters. The number of fused-ring (bicyclic) bond motifs is 1. The van der Waals surface area contributed by atoms with Gasteiger partial charge >= 0.3 is 0 Å². The molecule has 0 bridgehead atoms. The van der Waals surface area contributed by atoms with E-state index in [-0.39, 0.29) is 17.7 Å². The van der Waals surface area contributed by atoms with E-state index in [4.69, 9.17) is 5.73 Å². The van der Waals surface area contributed by atoms with Crippen LogP contribution in [0.3, 0.4) is 0 Å². The Morgan fingerprint density at radius 2 is 1.86 bits per heavy atom. The second kappa shape index (κ2) is 6.21. The van der Waals surface area contributed by atoms with Crippen molar-refractivity contribution in [2.75, 3.05) is 13.1 Å². The smallest absolute Gasteiger partial charge is 0.223 e. The summed E-state index contributed by atoms with van der Waals surface area (Å²) in [7, 11) is 0. The minimum absolute atomic E-state index is 0.0458. The number of nitrogens with two attached hydrogens (primary N) is 1. The van der Waals surface area contributed by atoms with Gasteiger partial charge < -0.3 is 10.6 Å². The highest BCUT2D eigenvalue weighted by Crippen LogP contribution is 2.37. The van der Waals surface area contributed by atoms with E-state index < -0.39 is 0 Å². The summed E-state index contributed by atoms with van der Waals surface area (Å²) < 4.78 is 0. The Balaban J connectivity index is 1.50. The van der Waals surface area contributed by atoms with Gasteiger partial charge in [-0.15, -0.1) is 0 Å². The van der Waals surface area contributed by atoms with E-state index in [0.717, 1.165) is 31.5 Å². The lowest BCUT2D eigenvalue weighted by molar-refractivity contribution is -0.130. The first-order valence-electron chi connectivity index (χ1n) is 8.18. The number of nitrogens with zero attached hydrogens (tertiary/aromatic N) is 1. The van der Waals surface area contributed by atoms with E-state index in [1.807, 2.05) is 36.1 Å². The minimum Gasteiger partial charge on any atom is -0.342 e. The normalized spacial score (nSPS) is 27.0. The molecular formula is C18H24N2O2. The lowest BCUT2D eigenvalue weighted by Gasteiger charge is -2.18. The number of hydrogen-bond donors (Lipinski definition) is 1. The van der Waals surface area contributed by atoms with Crippen molar-refractivity contribution in [1.82, 2.24) is 4.90 Å². The van der Waals surface area contributed by atoms with Crippen LogP contribution in [0.2, 0.25) is 0 Å².